The summed E-state index contributed by atoms with van der Waals surface area (Å²) in [6, 6.07) is 0. The summed E-state index contributed by atoms with van der Waals surface area (Å²) >= 11 is 0. The van der Waals surface area contributed by atoms with Crippen LogP contribution in [0.25, 0.3) is 0 Å². The fourth-order valence-corrected chi connectivity index (χ4v) is 2.53. The Balaban J connectivity index is 4.20. The molecule has 110 valence electrons. The SMILES string of the molecule is CCCCCC(CCOS(C)(=O)=O)OS(C)(=O)=O. The third-order valence-electron chi connectivity index (χ3n) is 2.18. The van der Waals surface area contributed by atoms with Gasteiger partial charge < -0.3 is 0 Å². The molecule has 0 aliphatic heterocycles. The van der Waals surface area contributed by atoms with E-state index >= 15 is 0 Å². The van der Waals surface area contributed by atoms with Crippen LogP contribution in [0.1, 0.15) is 39.0 Å². The van der Waals surface area contributed by atoms with E-state index in [9.17, 15) is 16.8 Å². The van der Waals surface area contributed by atoms with Crippen molar-refractivity contribution in [1.29, 1.82) is 0 Å². The minimum atomic E-state index is -3.53. The summed E-state index contributed by atoms with van der Waals surface area (Å²) in [4.78, 5) is 0. The van der Waals surface area contributed by atoms with Crippen LogP contribution in [0, 0.1) is 0 Å². The molecule has 0 aromatic heterocycles. The zero-order valence-corrected chi connectivity index (χ0v) is 12.7. The molecule has 1 atom stereocenters. The minimum Gasteiger partial charge on any atom is -0.270 e. The Bertz CT molecular complexity index is 412. The summed E-state index contributed by atoms with van der Waals surface area (Å²) < 4.78 is 53.1. The molecule has 0 amide bonds. The zero-order chi connectivity index (χ0) is 14.2. The molecule has 18 heavy (non-hydrogen) atoms. The van der Waals surface area contributed by atoms with Crippen LogP contribution in [0.5, 0.6) is 0 Å². The van der Waals surface area contributed by atoms with E-state index in [2.05, 4.69) is 4.18 Å². The van der Waals surface area contributed by atoms with Gasteiger partial charge in [0.1, 0.15) is 0 Å². The lowest BCUT2D eigenvalue weighted by atomic mass is 10.1. The van der Waals surface area contributed by atoms with E-state index in [1.165, 1.54) is 0 Å². The van der Waals surface area contributed by atoms with Crippen LogP contribution in [-0.2, 0) is 28.6 Å². The lowest BCUT2D eigenvalue weighted by Crippen LogP contribution is -2.20. The summed E-state index contributed by atoms with van der Waals surface area (Å²) in [7, 11) is -7.03. The molecule has 0 N–H and O–H groups in total. The summed E-state index contributed by atoms with van der Waals surface area (Å²) in [5.41, 5.74) is 0. The van der Waals surface area contributed by atoms with E-state index in [1.807, 2.05) is 6.92 Å². The van der Waals surface area contributed by atoms with Gasteiger partial charge in [0.2, 0.25) is 0 Å². The summed E-state index contributed by atoms with van der Waals surface area (Å²) in [5, 5.41) is 0. The number of unbranched alkanes of at least 4 members (excludes halogenated alkanes) is 2. The molecule has 0 bridgehead atoms. The second kappa shape index (κ2) is 8.08. The second-order valence-corrected chi connectivity index (χ2v) is 7.48. The van der Waals surface area contributed by atoms with Crippen molar-refractivity contribution in [2.24, 2.45) is 0 Å². The molecule has 0 heterocycles. The molecule has 0 aliphatic carbocycles. The quantitative estimate of drug-likeness (QED) is 0.446. The van der Waals surface area contributed by atoms with Gasteiger partial charge in [0.05, 0.1) is 25.2 Å². The van der Waals surface area contributed by atoms with E-state index in [-0.39, 0.29) is 13.0 Å². The maximum absolute atomic E-state index is 11.1. The maximum Gasteiger partial charge on any atom is 0.264 e. The van der Waals surface area contributed by atoms with Gasteiger partial charge in [-0.05, 0) is 12.8 Å². The van der Waals surface area contributed by atoms with Crippen molar-refractivity contribution < 1.29 is 25.2 Å². The lowest BCUT2D eigenvalue weighted by Gasteiger charge is -2.15. The molecule has 0 rings (SSSR count). The topological polar surface area (TPSA) is 86.7 Å². The van der Waals surface area contributed by atoms with Crippen molar-refractivity contribution >= 4 is 20.2 Å². The highest BCUT2D eigenvalue weighted by molar-refractivity contribution is 7.86. The third kappa shape index (κ3) is 12.3. The first kappa shape index (κ1) is 17.8. The van der Waals surface area contributed by atoms with E-state index in [4.69, 9.17) is 4.18 Å². The van der Waals surface area contributed by atoms with Gasteiger partial charge in [-0.25, -0.2) is 0 Å². The average Bonchev–Trinajstić information content (AvgIpc) is 2.13. The van der Waals surface area contributed by atoms with Crippen molar-refractivity contribution in [3.05, 3.63) is 0 Å². The monoisotopic (exact) mass is 302 g/mol. The van der Waals surface area contributed by atoms with E-state index in [0.717, 1.165) is 31.8 Å². The Kier molecular flexibility index (Phi) is 8.00. The van der Waals surface area contributed by atoms with Crippen LogP contribution in [0.3, 0.4) is 0 Å². The fourth-order valence-electron chi connectivity index (χ4n) is 1.44. The van der Waals surface area contributed by atoms with Crippen LogP contribution in [0.15, 0.2) is 0 Å². The highest BCUT2D eigenvalue weighted by Crippen LogP contribution is 2.13. The Morgan fingerprint density at radius 1 is 0.944 bits per heavy atom. The van der Waals surface area contributed by atoms with Gasteiger partial charge in [-0.1, -0.05) is 26.2 Å². The van der Waals surface area contributed by atoms with Gasteiger partial charge in [0, 0.05) is 0 Å². The molecule has 0 aromatic carbocycles. The molecule has 0 aromatic rings. The Labute approximate surface area is 110 Å². The molecular formula is C10H22O6S2. The highest BCUT2D eigenvalue weighted by Gasteiger charge is 2.16. The van der Waals surface area contributed by atoms with Crippen LogP contribution >= 0.6 is 0 Å². The van der Waals surface area contributed by atoms with Gasteiger partial charge in [-0.2, -0.15) is 16.8 Å². The van der Waals surface area contributed by atoms with Gasteiger partial charge in [0.15, 0.2) is 0 Å². The molecule has 0 saturated heterocycles. The molecular weight excluding hydrogens is 280 g/mol. The van der Waals surface area contributed by atoms with Crippen molar-refractivity contribution in [3.8, 4) is 0 Å². The van der Waals surface area contributed by atoms with Crippen LogP contribution in [-0.4, -0.2) is 42.1 Å². The average molecular weight is 302 g/mol. The second-order valence-electron chi connectivity index (χ2n) is 4.23. The summed E-state index contributed by atoms with van der Waals surface area (Å²) in [5.74, 6) is 0. The molecule has 0 radical (unpaired) electrons. The molecule has 1 unspecified atom stereocenters. The molecule has 8 heteroatoms. The van der Waals surface area contributed by atoms with Crippen LogP contribution in [0.2, 0.25) is 0 Å². The molecule has 0 fully saturated rings. The Morgan fingerprint density at radius 3 is 2.00 bits per heavy atom. The zero-order valence-electron chi connectivity index (χ0n) is 11.1. The molecule has 0 spiro atoms. The van der Waals surface area contributed by atoms with Crippen molar-refractivity contribution in [1.82, 2.24) is 0 Å². The van der Waals surface area contributed by atoms with Gasteiger partial charge in [-0.15, -0.1) is 0 Å². The Morgan fingerprint density at radius 2 is 1.56 bits per heavy atom. The van der Waals surface area contributed by atoms with Crippen molar-refractivity contribution in [3.63, 3.8) is 0 Å². The van der Waals surface area contributed by atoms with E-state index < -0.39 is 26.3 Å². The largest absolute Gasteiger partial charge is 0.270 e. The van der Waals surface area contributed by atoms with Gasteiger partial charge in [0.25, 0.3) is 20.2 Å². The van der Waals surface area contributed by atoms with Crippen molar-refractivity contribution in [2.75, 3.05) is 19.1 Å². The van der Waals surface area contributed by atoms with E-state index in [0.29, 0.717) is 6.42 Å². The predicted molar refractivity (Wildman–Crippen MR) is 69.3 cm³/mol. The minimum absolute atomic E-state index is 0.0643. The maximum atomic E-state index is 11.1. The van der Waals surface area contributed by atoms with Crippen LogP contribution in [0.4, 0.5) is 0 Å². The first-order valence-electron chi connectivity index (χ1n) is 5.86. The Hall–Kier alpha value is -0.180. The highest BCUT2D eigenvalue weighted by atomic mass is 32.2. The smallest absolute Gasteiger partial charge is 0.264 e. The molecule has 6 nitrogen and oxygen atoms in total. The molecule has 0 aliphatic rings. The lowest BCUT2D eigenvalue weighted by molar-refractivity contribution is 0.160. The predicted octanol–water partition coefficient (Wildman–Crippen LogP) is 1.28. The van der Waals surface area contributed by atoms with E-state index in [1.54, 1.807) is 0 Å². The summed E-state index contributed by atoms with van der Waals surface area (Å²) in [6.45, 7) is 1.98. The summed E-state index contributed by atoms with van der Waals surface area (Å²) in [6.07, 6.45) is 5.08. The van der Waals surface area contributed by atoms with Crippen LogP contribution < -0.4 is 0 Å². The van der Waals surface area contributed by atoms with Crippen molar-refractivity contribution in [2.45, 2.75) is 45.1 Å². The fraction of sp³-hybridized carbons (Fsp3) is 1.00. The normalized spacial score (nSPS) is 14.6. The number of hydrogen-bond donors (Lipinski definition) is 0. The molecule has 0 saturated carbocycles. The standard InChI is InChI=1S/C10H22O6S2/c1-4-5-6-7-10(16-18(3,13)14)8-9-15-17(2,11)12/h10H,4-9H2,1-3H3. The number of rotatable bonds is 10. The first-order chi connectivity index (χ1) is 8.14. The van der Waals surface area contributed by atoms with Gasteiger partial charge in [-0.3, -0.25) is 8.37 Å². The first-order valence-corrected chi connectivity index (χ1v) is 9.50. The number of hydrogen-bond acceptors (Lipinski definition) is 6. The van der Waals surface area contributed by atoms with Gasteiger partial charge >= 0.3 is 0 Å². The third-order valence-corrected chi connectivity index (χ3v) is 3.39.